The fourth-order valence-corrected chi connectivity index (χ4v) is 2.91. The molecule has 0 radical (unpaired) electrons. The molecule has 2 heterocycles. The zero-order valence-electron chi connectivity index (χ0n) is 13.6. The van der Waals surface area contributed by atoms with Gasteiger partial charge in [0.15, 0.2) is 0 Å². The molecule has 130 valence electrons. The van der Waals surface area contributed by atoms with Crippen LogP contribution in [0.5, 0.6) is 0 Å². The first-order chi connectivity index (χ1) is 12.0. The molecule has 3 aromatic rings. The van der Waals surface area contributed by atoms with Gasteiger partial charge in [0.25, 0.3) is 0 Å². The van der Waals surface area contributed by atoms with Crippen LogP contribution in [0.25, 0.3) is 0 Å². The molecule has 0 bridgehead atoms. The topological polar surface area (TPSA) is 64.7 Å². The highest BCUT2D eigenvalue weighted by Gasteiger charge is 2.07. The molecule has 25 heavy (non-hydrogen) atoms. The van der Waals surface area contributed by atoms with Crippen LogP contribution in [0.15, 0.2) is 47.3 Å². The molecule has 2 aromatic heterocycles. The summed E-state index contributed by atoms with van der Waals surface area (Å²) in [5, 5.41) is 12.1. The van der Waals surface area contributed by atoms with Crippen molar-refractivity contribution >= 4 is 39.1 Å². The lowest BCUT2D eigenvalue weighted by Crippen LogP contribution is -2.14. The van der Waals surface area contributed by atoms with Crippen molar-refractivity contribution in [2.75, 3.05) is 5.32 Å². The number of carbonyl (C=O) groups excluding carboxylic acids is 1. The van der Waals surface area contributed by atoms with Gasteiger partial charge in [0, 0.05) is 30.4 Å². The Kier molecular flexibility index (Phi) is 5.55. The highest BCUT2D eigenvalue weighted by atomic mass is 79.9. The van der Waals surface area contributed by atoms with E-state index in [-0.39, 0.29) is 5.91 Å². The number of amides is 1. The Morgan fingerprint density at radius 1 is 1.32 bits per heavy atom. The van der Waals surface area contributed by atoms with E-state index in [1.807, 2.05) is 37.4 Å². The number of rotatable bonds is 6. The third kappa shape index (κ3) is 4.93. The third-order valence-corrected chi connectivity index (χ3v) is 4.62. The van der Waals surface area contributed by atoms with Crippen molar-refractivity contribution in [2.45, 2.75) is 26.4 Å². The molecule has 1 aromatic carbocycles. The molecule has 0 aliphatic heterocycles. The molecule has 0 aliphatic rings. The second-order valence-corrected chi connectivity index (χ2v) is 6.97. The number of aromatic nitrogens is 4. The van der Waals surface area contributed by atoms with Gasteiger partial charge in [-0.15, -0.1) is 0 Å². The number of carbonyl (C=O) groups is 1. The Bertz CT molecular complexity index is 869. The maximum atomic E-state index is 12.1. The van der Waals surface area contributed by atoms with Gasteiger partial charge in [-0.05, 0) is 40.5 Å². The monoisotopic (exact) mass is 421 g/mol. The quantitative estimate of drug-likeness (QED) is 0.655. The van der Waals surface area contributed by atoms with Gasteiger partial charge in [-0.25, -0.2) is 0 Å². The fourth-order valence-electron chi connectivity index (χ4n) is 2.38. The lowest BCUT2D eigenvalue weighted by Gasteiger charge is -2.03. The van der Waals surface area contributed by atoms with Crippen molar-refractivity contribution < 1.29 is 4.79 Å². The van der Waals surface area contributed by atoms with E-state index in [9.17, 15) is 4.79 Å². The minimum atomic E-state index is -0.0772. The summed E-state index contributed by atoms with van der Waals surface area (Å²) >= 11 is 9.39. The SMILES string of the molecule is Cc1nn(CCC(=O)Nc2cnn(Cc3cccc(Cl)c3)c2)cc1Br. The van der Waals surface area contributed by atoms with E-state index in [2.05, 4.69) is 31.4 Å². The van der Waals surface area contributed by atoms with Crippen molar-refractivity contribution in [3.63, 3.8) is 0 Å². The highest BCUT2D eigenvalue weighted by Crippen LogP contribution is 2.14. The normalized spacial score (nSPS) is 10.8. The first-order valence-electron chi connectivity index (χ1n) is 7.76. The first-order valence-corrected chi connectivity index (χ1v) is 8.93. The number of aryl methyl sites for hydroxylation is 2. The molecular weight excluding hydrogens is 406 g/mol. The Balaban J connectivity index is 1.53. The van der Waals surface area contributed by atoms with Gasteiger partial charge in [-0.3, -0.25) is 14.2 Å². The predicted molar refractivity (Wildman–Crippen MR) is 101 cm³/mol. The molecule has 6 nitrogen and oxygen atoms in total. The maximum Gasteiger partial charge on any atom is 0.226 e. The van der Waals surface area contributed by atoms with Crippen LogP contribution in [-0.2, 0) is 17.9 Å². The lowest BCUT2D eigenvalue weighted by molar-refractivity contribution is -0.116. The van der Waals surface area contributed by atoms with Crippen LogP contribution >= 0.6 is 27.5 Å². The lowest BCUT2D eigenvalue weighted by atomic mass is 10.2. The molecular formula is C17H17BrClN5O. The minimum Gasteiger partial charge on any atom is -0.323 e. The Morgan fingerprint density at radius 2 is 2.16 bits per heavy atom. The third-order valence-electron chi connectivity index (χ3n) is 3.61. The molecule has 0 saturated heterocycles. The second-order valence-electron chi connectivity index (χ2n) is 5.68. The highest BCUT2D eigenvalue weighted by molar-refractivity contribution is 9.10. The zero-order valence-corrected chi connectivity index (χ0v) is 16.0. The molecule has 1 N–H and O–H groups in total. The van der Waals surface area contributed by atoms with Crippen LogP contribution in [0.4, 0.5) is 5.69 Å². The van der Waals surface area contributed by atoms with Crippen LogP contribution in [0.1, 0.15) is 17.7 Å². The van der Waals surface area contributed by atoms with Gasteiger partial charge >= 0.3 is 0 Å². The molecule has 3 rings (SSSR count). The van der Waals surface area contributed by atoms with Gasteiger partial charge in [0.2, 0.25) is 5.91 Å². The van der Waals surface area contributed by atoms with Gasteiger partial charge < -0.3 is 5.32 Å². The summed E-state index contributed by atoms with van der Waals surface area (Å²) in [6.45, 7) is 3.03. The number of nitrogens with one attached hydrogen (secondary N) is 1. The van der Waals surface area contributed by atoms with Crippen molar-refractivity contribution in [2.24, 2.45) is 0 Å². The largest absolute Gasteiger partial charge is 0.323 e. The molecule has 8 heteroatoms. The van der Waals surface area contributed by atoms with E-state index in [4.69, 9.17) is 11.6 Å². The van der Waals surface area contributed by atoms with E-state index in [1.165, 1.54) is 0 Å². The fraction of sp³-hybridized carbons (Fsp3) is 0.235. The van der Waals surface area contributed by atoms with Crippen LogP contribution in [0.3, 0.4) is 0 Å². The molecule has 0 aliphatic carbocycles. The summed E-state index contributed by atoms with van der Waals surface area (Å²) in [6.07, 6.45) is 5.64. The van der Waals surface area contributed by atoms with Gasteiger partial charge in [0.1, 0.15) is 0 Å². The maximum absolute atomic E-state index is 12.1. The summed E-state index contributed by atoms with van der Waals surface area (Å²) in [4.78, 5) is 12.1. The smallest absolute Gasteiger partial charge is 0.226 e. The van der Waals surface area contributed by atoms with Crippen LogP contribution in [0, 0.1) is 6.92 Å². The summed E-state index contributed by atoms with van der Waals surface area (Å²) < 4.78 is 4.45. The van der Waals surface area contributed by atoms with Gasteiger partial charge in [0.05, 0.1) is 28.6 Å². The van der Waals surface area contributed by atoms with E-state index in [0.29, 0.717) is 30.2 Å². The summed E-state index contributed by atoms with van der Waals surface area (Å²) in [5.41, 5.74) is 2.63. The molecule has 0 atom stereocenters. The average molecular weight is 423 g/mol. The average Bonchev–Trinajstić information content (AvgIpc) is 3.12. The Morgan fingerprint density at radius 3 is 2.88 bits per heavy atom. The number of hydrogen-bond donors (Lipinski definition) is 1. The molecule has 0 saturated carbocycles. The number of halogens is 2. The molecule has 1 amide bonds. The Hall–Kier alpha value is -2.12. The number of hydrogen-bond acceptors (Lipinski definition) is 3. The standard InChI is InChI=1S/C17H17BrClN5O/c1-12-16(18)11-23(22-12)6-5-17(25)21-15-8-20-24(10-15)9-13-3-2-4-14(19)7-13/h2-4,7-8,10-11H,5-6,9H2,1H3,(H,21,25). The minimum absolute atomic E-state index is 0.0772. The molecule has 0 unspecified atom stereocenters. The number of benzene rings is 1. The van der Waals surface area contributed by atoms with Crippen molar-refractivity contribution in [1.82, 2.24) is 19.6 Å². The van der Waals surface area contributed by atoms with E-state index in [1.54, 1.807) is 21.8 Å². The van der Waals surface area contributed by atoms with Crippen LogP contribution < -0.4 is 5.32 Å². The van der Waals surface area contributed by atoms with Crippen molar-refractivity contribution in [3.8, 4) is 0 Å². The zero-order chi connectivity index (χ0) is 17.8. The second kappa shape index (κ2) is 7.84. The van der Waals surface area contributed by atoms with Crippen molar-refractivity contribution in [1.29, 1.82) is 0 Å². The van der Waals surface area contributed by atoms with E-state index >= 15 is 0 Å². The number of anilines is 1. The first kappa shape index (κ1) is 17.7. The molecule has 0 fully saturated rings. The van der Waals surface area contributed by atoms with Gasteiger partial charge in [-0.1, -0.05) is 23.7 Å². The van der Waals surface area contributed by atoms with E-state index < -0.39 is 0 Å². The van der Waals surface area contributed by atoms with Crippen LogP contribution in [-0.4, -0.2) is 25.5 Å². The summed E-state index contributed by atoms with van der Waals surface area (Å²) in [5.74, 6) is -0.0772. The predicted octanol–water partition coefficient (Wildman–Crippen LogP) is 3.88. The van der Waals surface area contributed by atoms with E-state index in [0.717, 1.165) is 15.7 Å². The van der Waals surface area contributed by atoms with Gasteiger partial charge in [-0.2, -0.15) is 10.2 Å². The Labute approximate surface area is 158 Å². The van der Waals surface area contributed by atoms with Crippen molar-refractivity contribution in [3.05, 3.63) is 63.6 Å². The molecule has 0 spiro atoms. The number of nitrogens with zero attached hydrogens (tertiary/aromatic N) is 4. The summed E-state index contributed by atoms with van der Waals surface area (Å²) in [6, 6.07) is 7.61. The summed E-state index contributed by atoms with van der Waals surface area (Å²) in [7, 11) is 0. The van der Waals surface area contributed by atoms with Crippen LogP contribution in [0.2, 0.25) is 5.02 Å².